The third kappa shape index (κ3) is 39.5. The van der Waals surface area contributed by atoms with Crippen molar-refractivity contribution in [2.75, 3.05) is 6.61 Å². The first-order valence-electron chi connectivity index (χ1n) is 24.5. The number of nitrogens with one attached hydrogen (secondary N) is 1. The summed E-state index contributed by atoms with van der Waals surface area (Å²) in [5, 5.41) is 43.7. The minimum atomic E-state index is -1.29. The van der Waals surface area contributed by atoms with Gasteiger partial charge in [0, 0.05) is 0 Å². The van der Waals surface area contributed by atoms with Gasteiger partial charge in [-0.15, -0.1) is 0 Å². The number of hydrogen-bond donors (Lipinski definition) is 5. The number of allylic oxidation sites excluding steroid dienone is 8. The molecule has 0 heterocycles. The smallest absolute Gasteiger partial charge is 0.249 e. The third-order valence-corrected chi connectivity index (χ3v) is 11.2. The number of aliphatic hydroxyl groups is 4. The molecule has 6 heteroatoms. The molecule has 334 valence electrons. The second-order valence-corrected chi connectivity index (χ2v) is 16.8. The number of carbonyl (C=O) groups is 1. The first kappa shape index (κ1) is 55.3. The second-order valence-electron chi connectivity index (χ2n) is 16.8. The molecule has 0 radical (unpaired) electrons. The largest absolute Gasteiger partial charge is 0.394 e. The molecule has 0 saturated heterocycles. The fraction of sp³-hybridized carbons (Fsp3) is 0.824. The molecular formula is C51H95NO5. The lowest BCUT2D eigenvalue weighted by Crippen LogP contribution is -2.53. The molecule has 0 aromatic heterocycles. The van der Waals surface area contributed by atoms with E-state index in [0.717, 1.165) is 57.8 Å². The SMILES string of the molecule is CCCCC/C=C\C/C=C\CCCCCCCCC(O)C(=O)NC(CO)C(O)C(O)CCC/C=C/CC/C=C/CCCCCCCCCCCCCCCCCC. The highest BCUT2D eigenvalue weighted by molar-refractivity contribution is 5.80. The number of amides is 1. The van der Waals surface area contributed by atoms with Gasteiger partial charge in [0.25, 0.3) is 0 Å². The Morgan fingerprint density at radius 2 is 0.789 bits per heavy atom. The lowest BCUT2D eigenvalue weighted by molar-refractivity contribution is -0.132. The molecular weight excluding hydrogens is 707 g/mol. The van der Waals surface area contributed by atoms with Crippen LogP contribution in [0.1, 0.15) is 239 Å². The van der Waals surface area contributed by atoms with Crippen molar-refractivity contribution in [2.24, 2.45) is 0 Å². The topological polar surface area (TPSA) is 110 Å². The van der Waals surface area contributed by atoms with E-state index >= 15 is 0 Å². The molecule has 4 unspecified atom stereocenters. The van der Waals surface area contributed by atoms with Crippen molar-refractivity contribution in [2.45, 2.75) is 263 Å². The number of aliphatic hydroxyl groups excluding tert-OH is 4. The predicted molar refractivity (Wildman–Crippen MR) is 247 cm³/mol. The van der Waals surface area contributed by atoms with Crippen LogP contribution < -0.4 is 5.32 Å². The first-order valence-corrected chi connectivity index (χ1v) is 24.5. The normalized spacial score (nSPS) is 14.4. The fourth-order valence-electron chi connectivity index (χ4n) is 7.33. The zero-order valence-corrected chi connectivity index (χ0v) is 37.6. The summed E-state index contributed by atoms with van der Waals surface area (Å²) in [5.74, 6) is -0.607. The van der Waals surface area contributed by atoms with Crippen LogP contribution in [0.5, 0.6) is 0 Å². The third-order valence-electron chi connectivity index (χ3n) is 11.2. The first-order chi connectivity index (χ1) is 28.0. The molecule has 0 bridgehead atoms. The summed E-state index contributed by atoms with van der Waals surface area (Å²) in [6.45, 7) is 4.01. The Morgan fingerprint density at radius 1 is 0.439 bits per heavy atom. The van der Waals surface area contributed by atoms with Gasteiger partial charge in [0.15, 0.2) is 0 Å². The van der Waals surface area contributed by atoms with Crippen LogP contribution >= 0.6 is 0 Å². The lowest BCUT2D eigenvalue weighted by Gasteiger charge is -2.27. The molecule has 0 aliphatic rings. The minimum absolute atomic E-state index is 0.346. The van der Waals surface area contributed by atoms with E-state index in [2.05, 4.69) is 67.8 Å². The molecule has 0 aromatic rings. The maximum absolute atomic E-state index is 12.5. The van der Waals surface area contributed by atoms with Crippen LogP contribution in [0.25, 0.3) is 0 Å². The Bertz CT molecular complexity index is 946. The molecule has 0 spiro atoms. The number of hydrogen-bond acceptors (Lipinski definition) is 5. The fourth-order valence-corrected chi connectivity index (χ4v) is 7.33. The van der Waals surface area contributed by atoms with E-state index in [1.54, 1.807) is 0 Å². The average molecular weight is 802 g/mol. The summed E-state index contributed by atoms with van der Waals surface area (Å²) in [6, 6.07) is -1.01. The van der Waals surface area contributed by atoms with Crippen molar-refractivity contribution in [3.05, 3.63) is 48.6 Å². The van der Waals surface area contributed by atoms with Crippen LogP contribution in [0.4, 0.5) is 0 Å². The minimum Gasteiger partial charge on any atom is -0.394 e. The Hall–Kier alpha value is -1.73. The predicted octanol–water partition coefficient (Wildman–Crippen LogP) is 13.5. The molecule has 5 N–H and O–H groups in total. The molecule has 0 fully saturated rings. The van der Waals surface area contributed by atoms with Gasteiger partial charge >= 0.3 is 0 Å². The van der Waals surface area contributed by atoms with Crippen molar-refractivity contribution in [3.8, 4) is 0 Å². The molecule has 6 nitrogen and oxygen atoms in total. The maximum atomic E-state index is 12.5. The summed E-state index contributed by atoms with van der Waals surface area (Å²) in [6.07, 6.45) is 55.8. The Morgan fingerprint density at radius 3 is 1.25 bits per heavy atom. The summed E-state index contributed by atoms with van der Waals surface area (Å²) in [7, 11) is 0. The molecule has 1 amide bonds. The summed E-state index contributed by atoms with van der Waals surface area (Å²) in [5.41, 5.74) is 0. The molecule has 0 aromatic carbocycles. The van der Waals surface area contributed by atoms with Gasteiger partial charge in [-0.1, -0.05) is 204 Å². The summed E-state index contributed by atoms with van der Waals surface area (Å²) in [4.78, 5) is 12.5. The van der Waals surface area contributed by atoms with Crippen LogP contribution in [0, 0.1) is 0 Å². The highest BCUT2D eigenvalue weighted by Crippen LogP contribution is 2.16. The molecule has 0 aliphatic heterocycles. The van der Waals surface area contributed by atoms with Gasteiger partial charge in [-0.25, -0.2) is 0 Å². The van der Waals surface area contributed by atoms with Crippen LogP contribution in [0.3, 0.4) is 0 Å². The standard InChI is InChI=1S/C51H95NO5/c1-3-5-7-9-11-13-15-17-19-21-22-23-24-25-26-27-28-29-31-32-34-36-38-40-42-44-48(54)50(56)47(46-53)52-51(57)49(55)45-43-41-39-37-35-33-30-20-18-16-14-12-10-8-6-4-2/h12,14,18,20,29,31,36,38,47-50,53-56H,3-11,13,15-17,19,21-28,30,32-35,37,39-46H2,1-2H3,(H,52,57)/b14-12-,20-18-,31-29+,38-36+. The van der Waals surface area contributed by atoms with E-state index in [0.29, 0.717) is 19.3 Å². The summed E-state index contributed by atoms with van der Waals surface area (Å²) >= 11 is 0. The van der Waals surface area contributed by atoms with E-state index in [9.17, 15) is 25.2 Å². The van der Waals surface area contributed by atoms with Gasteiger partial charge in [-0.3, -0.25) is 4.79 Å². The molecule has 0 rings (SSSR count). The van der Waals surface area contributed by atoms with Gasteiger partial charge in [0.2, 0.25) is 5.91 Å². The monoisotopic (exact) mass is 802 g/mol. The van der Waals surface area contributed by atoms with E-state index in [4.69, 9.17) is 0 Å². The quantitative estimate of drug-likeness (QED) is 0.0311. The van der Waals surface area contributed by atoms with Gasteiger partial charge in [0.05, 0.1) is 18.8 Å². The number of carbonyl (C=O) groups excluding carboxylic acids is 1. The van der Waals surface area contributed by atoms with Crippen molar-refractivity contribution in [3.63, 3.8) is 0 Å². The zero-order valence-electron chi connectivity index (χ0n) is 37.6. The highest BCUT2D eigenvalue weighted by atomic mass is 16.3. The second kappa shape index (κ2) is 45.4. The van der Waals surface area contributed by atoms with Crippen LogP contribution in [0.15, 0.2) is 48.6 Å². The van der Waals surface area contributed by atoms with E-state index in [-0.39, 0.29) is 0 Å². The zero-order chi connectivity index (χ0) is 41.7. The maximum Gasteiger partial charge on any atom is 0.249 e. The highest BCUT2D eigenvalue weighted by Gasteiger charge is 2.28. The lowest BCUT2D eigenvalue weighted by atomic mass is 10.00. The molecule has 57 heavy (non-hydrogen) atoms. The molecule has 4 atom stereocenters. The number of unbranched alkanes of at least 4 members (excludes halogenated alkanes) is 27. The van der Waals surface area contributed by atoms with Gasteiger partial charge < -0.3 is 25.7 Å². The van der Waals surface area contributed by atoms with E-state index in [1.807, 2.05) is 0 Å². The molecule has 0 aliphatic carbocycles. The van der Waals surface area contributed by atoms with Crippen LogP contribution in [-0.2, 0) is 4.79 Å². The van der Waals surface area contributed by atoms with Crippen molar-refractivity contribution >= 4 is 5.91 Å². The Balaban J connectivity index is 3.76. The van der Waals surface area contributed by atoms with Crippen molar-refractivity contribution in [1.82, 2.24) is 5.32 Å². The van der Waals surface area contributed by atoms with E-state index in [1.165, 1.54) is 148 Å². The van der Waals surface area contributed by atoms with Crippen LogP contribution in [0.2, 0.25) is 0 Å². The average Bonchev–Trinajstić information content (AvgIpc) is 3.22. The Kier molecular flexibility index (Phi) is 44.0. The number of rotatable bonds is 44. The Labute approximate surface area is 353 Å². The van der Waals surface area contributed by atoms with Crippen LogP contribution in [-0.4, -0.2) is 57.3 Å². The van der Waals surface area contributed by atoms with Gasteiger partial charge in [0.1, 0.15) is 12.2 Å². The van der Waals surface area contributed by atoms with Crippen molar-refractivity contribution in [1.29, 1.82) is 0 Å². The van der Waals surface area contributed by atoms with E-state index < -0.39 is 36.9 Å². The van der Waals surface area contributed by atoms with Crippen molar-refractivity contribution < 1.29 is 25.2 Å². The molecule has 0 saturated carbocycles. The van der Waals surface area contributed by atoms with Gasteiger partial charge in [-0.05, 0) is 83.5 Å². The van der Waals surface area contributed by atoms with Gasteiger partial charge in [-0.2, -0.15) is 0 Å². The summed E-state index contributed by atoms with van der Waals surface area (Å²) < 4.78 is 0.